The van der Waals surface area contributed by atoms with Gasteiger partial charge in [-0.25, -0.2) is 0 Å². The number of carbonyl (C=O) groups is 1. The number of nitrogens with zero attached hydrogens (tertiary/aromatic N) is 2. The summed E-state index contributed by atoms with van der Waals surface area (Å²) in [6.07, 6.45) is 0. The summed E-state index contributed by atoms with van der Waals surface area (Å²) in [5.74, 6) is 0.805. The Bertz CT molecular complexity index is 482. The Morgan fingerprint density at radius 3 is 2.74 bits per heavy atom. The molecule has 5 heteroatoms. The minimum Gasteiger partial charge on any atom is -0.482 e. The molecule has 1 aromatic rings. The van der Waals surface area contributed by atoms with Crippen LogP contribution in [0.4, 0.5) is 5.69 Å². The lowest BCUT2D eigenvalue weighted by Crippen LogP contribution is -2.47. The molecule has 19 heavy (non-hydrogen) atoms. The van der Waals surface area contributed by atoms with Gasteiger partial charge in [0.05, 0.1) is 17.9 Å². The summed E-state index contributed by atoms with van der Waals surface area (Å²) in [4.78, 5) is 16.2. The Labute approximate surface area is 112 Å². The van der Waals surface area contributed by atoms with Crippen molar-refractivity contribution in [1.82, 2.24) is 4.90 Å². The number of carbonyl (C=O) groups excluding carboxylic acids is 1. The lowest BCUT2D eigenvalue weighted by atomic mass is 10.1. The first-order valence-electron chi connectivity index (χ1n) is 6.67. The van der Waals surface area contributed by atoms with Crippen LogP contribution in [0, 0.1) is 0 Å². The molecule has 1 N–H and O–H groups in total. The van der Waals surface area contributed by atoms with E-state index in [2.05, 4.69) is 9.80 Å². The summed E-state index contributed by atoms with van der Waals surface area (Å²) < 4.78 is 5.52. The molecule has 0 spiro atoms. The lowest BCUT2D eigenvalue weighted by molar-refractivity contribution is 0.0961. The van der Waals surface area contributed by atoms with Gasteiger partial charge in [0.15, 0.2) is 12.4 Å². The SMILES string of the molecule is O=C1COc2c1cccc2N1CCN(CCO)CC1. The number of ketones is 1. The van der Waals surface area contributed by atoms with Gasteiger partial charge in [-0.1, -0.05) is 6.07 Å². The summed E-state index contributed by atoms with van der Waals surface area (Å²) in [7, 11) is 0. The second-order valence-electron chi connectivity index (χ2n) is 4.92. The fraction of sp³-hybridized carbons (Fsp3) is 0.500. The van der Waals surface area contributed by atoms with Crippen molar-refractivity contribution < 1.29 is 14.6 Å². The van der Waals surface area contributed by atoms with Crippen LogP contribution in [0.2, 0.25) is 0 Å². The smallest absolute Gasteiger partial charge is 0.204 e. The number of hydrogen-bond acceptors (Lipinski definition) is 5. The number of piperazine rings is 1. The number of para-hydroxylation sites is 1. The van der Waals surface area contributed by atoms with Crippen molar-refractivity contribution in [3.8, 4) is 5.75 Å². The molecular formula is C14H18N2O3. The first-order chi connectivity index (χ1) is 9.29. The molecule has 0 radical (unpaired) electrons. The predicted molar refractivity (Wildman–Crippen MR) is 72.0 cm³/mol. The van der Waals surface area contributed by atoms with Crippen molar-refractivity contribution in [2.45, 2.75) is 0 Å². The zero-order valence-electron chi connectivity index (χ0n) is 10.8. The third-order valence-corrected chi connectivity index (χ3v) is 3.77. The van der Waals surface area contributed by atoms with Gasteiger partial charge in [-0.05, 0) is 12.1 Å². The molecule has 0 saturated carbocycles. The van der Waals surface area contributed by atoms with Gasteiger partial charge in [-0.15, -0.1) is 0 Å². The van der Waals surface area contributed by atoms with E-state index in [1.807, 2.05) is 18.2 Å². The van der Waals surface area contributed by atoms with E-state index in [1.54, 1.807) is 0 Å². The maximum Gasteiger partial charge on any atom is 0.204 e. The minimum atomic E-state index is 0.0655. The van der Waals surface area contributed by atoms with E-state index >= 15 is 0 Å². The molecule has 0 unspecified atom stereocenters. The van der Waals surface area contributed by atoms with E-state index in [9.17, 15) is 4.79 Å². The molecule has 102 valence electrons. The third-order valence-electron chi connectivity index (χ3n) is 3.77. The highest BCUT2D eigenvalue weighted by molar-refractivity contribution is 6.04. The van der Waals surface area contributed by atoms with Crippen LogP contribution in [0.15, 0.2) is 18.2 Å². The Morgan fingerprint density at radius 1 is 1.21 bits per heavy atom. The number of anilines is 1. The molecule has 1 fully saturated rings. The topological polar surface area (TPSA) is 53.0 Å². The van der Waals surface area contributed by atoms with E-state index in [1.165, 1.54) is 0 Å². The molecule has 2 aliphatic heterocycles. The van der Waals surface area contributed by atoms with Crippen molar-refractivity contribution in [3.05, 3.63) is 23.8 Å². The van der Waals surface area contributed by atoms with E-state index < -0.39 is 0 Å². The largest absolute Gasteiger partial charge is 0.482 e. The number of hydrogen-bond donors (Lipinski definition) is 1. The zero-order chi connectivity index (χ0) is 13.2. The van der Waals surface area contributed by atoms with Gasteiger partial charge in [0.2, 0.25) is 5.78 Å². The first kappa shape index (κ1) is 12.4. The lowest BCUT2D eigenvalue weighted by Gasteiger charge is -2.36. The molecule has 0 aromatic heterocycles. The molecular weight excluding hydrogens is 244 g/mol. The highest BCUT2D eigenvalue weighted by atomic mass is 16.5. The Kier molecular flexibility index (Phi) is 3.40. The number of Topliss-reactive ketones (excluding diaryl/α,β-unsaturated/α-hetero) is 1. The molecule has 3 rings (SSSR count). The van der Waals surface area contributed by atoms with E-state index in [4.69, 9.17) is 9.84 Å². The van der Waals surface area contributed by atoms with Gasteiger partial charge in [0, 0.05) is 32.7 Å². The Hall–Kier alpha value is -1.59. The van der Waals surface area contributed by atoms with Crippen molar-refractivity contribution in [2.24, 2.45) is 0 Å². The quantitative estimate of drug-likeness (QED) is 0.853. The van der Waals surface area contributed by atoms with Crippen molar-refractivity contribution in [2.75, 3.05) is 50.8 Å². The number of benzene rings is 1. The van der Waals surface area contributed by atoms with Crippen LogP contribution in [0.1, 0.15) is 10.4 Å². The average molecular weight is 262 g/mol. The van der Waals surface area contributed by atoms with E-state index in [0.29, 0.717) is 5.56 Å². The van der Waals surface area contributed by atoms with E-state index in [0.717, 1.165) is 44.2 Å². The maximum atomic E-state index is 11.7. The number of fused-ring (bicyclic) bond motifs is 1. The van der Waals surface area contributed by atoms with Gasteiger partial charge in [-0.3, -0.25) is 9.69 Å². The number of ether oxygens (including phenoxy) is 1. The Morgan fingerprint density at radius 2 is 2.00 bits per heavy atom. The van der Waals surface area contributed by atoms with Crippen LogP contribution in [0.25, 0.3) is 0 Å². The molecule has 0 amide bonds. The van der Waals surface area contributed by atoms with Gasteiger partial charge in [0.1, 0.15) is 0 Å². The van der Waals surface area contributed by atoms with Gasteiger partial charge in [-0.2, -0.15) is 0 Å². The normalized spacial score (nSPS) is 19.4. The molecule has 2 heterocycles. The molecule has 2 aliphatic rings. The van der Waals surface area contributed by atoms with E-state index in [-0.39, 0.29) is 19.0 Å². The highest BCUT2D eigenvalue weighted by Gasteiger charge is 2.27. The van der Waals surface area contributed by atoms with Gasteiger partial charge in [0.25, 0.3) is 0 Å². The third kappa shape index (κ3) is 2.31. The van der Waals surface area contributed by atoms with Gasteiger partial charge >= 0.3 is 0 Å². The summed E-state index contributed by atoms with van der Waals surface area (Å²) in [5.41, 5.74) is 1.72. The fourth-order valence-corrected chi connectivity index (χ4v) is 2.71. The molecule has 1 aromatic carbocycles. The minimum absolute atomic E-state index is 0.0655. The number of rotatable bonds is 3. The highest BCUT2D eigenvalue weighted by Crippen LogP contribution is 2.36. The van der Waals surface area contributed by atoms with Gasteiger partial charge < -0.3 is 14.7 Å². The summed E-state index contributed by atoms with van der Waals surface area (Å²) >= 11 is 0. The van der Waals surface area contributed by atoms with Crippen molar-refractivity contribution in [3.63, 3.8) is 0 Å². The number of aliphatic hydroxyl groups excluding tert-OH is 1. The first-order valence-corrected chi connectivity index (χ1v) is 6.67. The molecule has 0 atom stereocenters. The second kappa shape index (κ2) is 5.19. The second-order valence-corrected chi connectivity index (χ2v) is 4.92. The Balaban J connectivity index is 1.76. The van der Waals surface area contributed by atoms with Crippen LogP contribution in [-0.2, 0) is 0 Å². The monoisotopic (exact) mass is 262 g/mol. The summed E-state index contributed by atoms with van der Waals surface area (Å²) in [6.45, 7) is 4.75. The predicted octanol–water partition coefficient (Wildman–Crippen LogP) is 0.376. The summed E-state index contributed by atoms with van der Waals surface area (Å²) in [5, 5.41) is 8.94. The van der Waals surface area contributed by atoms with Crippen molar-refractivity contribution in [1.29, 1.82) is 0 Å². The van der Waals surface area contributed by atoms with Crippen LogP contribution >= 0.6 is 0 Å². The average Bonchev–Trinajstić information content (AvgIpc) is 2.82. The maximum absolute atomic E-state index is 11.7. The molecule has 0 aliphatic carbocycles. The van der Waals surface area contributed by atoms with Crippen molar-refractivity contribution >= 4 is 11.5 Å². The van der Waals surface area contributed by atoms with Crippen LogP contribution in [0.3, 0.4) is 0 Å². The number of β-amino-alcohol motifs (C(OH)–C–C–N with tert-alkyl or cyclic N) is 1. The molecule has 0 bridgehead atoms. The van der Waals surface area contributed by atoms with Crippen LogP contribution in [0.5, 0.6) is 5.75 Å². The molecule has 5 nitrogen and oxygen atoms in total. The van der Waals surface area contributed by atoms with Crippen LogP contribution < -0.4 is 9.64 Å². The fourth-order valence-electron chi connectivity index (χ4n) is 2.71. The molecule has 1 saturated heterocycles. The summed E-state index contributed by atoms with van der Waals surface area (Å²) in [6, 6.07) is 5.76. The zero-order valence-corrected chi connectivity index (χ0v) is 10.8. The number of aliphatic hydroxyl groups is 1. The standard InChI is InChI=1S/C14H18N2O3/c17-9-8-15-4-6-16(7-5-15)12-3-1-2-11-13(18)10-19-14(11)12/h1-3,17H,4-10H2. The van der Waals surface area contributed by atoms with Crippen LogP contribution in [-0.4, -0.2) is 61.7 Å².